The lowest BCUT2D eigenvalue weighted by atomic mass is 10.1. The van der Waals surface area contributed by atoms with Gasteiger partial charge in [0.25, 0.3) is 0 Å². The van der Waals surface area contributed by atoms with Crippen molar-refractivity contribution in [1.29, 1.82) is 0 Å². The summed E-state index contributed by atoms with van der Waals surface area (Å²) in [6.07, 6.45) is 2.79. The summed E-state index contributed by atoms with van der Waals surface area (Å²) >= 11 is 0. The molecule has 0 amide bonds. The van der Waals surface area contributed by atoms with Crippen LogP contribution in [0.1, 0.15) is 13.3 Å². The largest absolute Gasteiger partial charge is 0.497 e. The van der Waals surface area contributed by atoms with E-state index in [0.717, 1.165) is 41.3 Å². The van der Waals surface area contributed by atoms with Gasteiger partial charge in [-0.15, -0.1) is 0 Å². The van der Waals surface area contributed by atoms with Crippen LogP contribution in [0.15, 0.2) is 36.5 Å². The molecule has 0 aliphatic heterocycles. The van der Waals surface area contributed by atoms with E-state index in [9.17, 15) is 0 Å². The summed E-state index contributed by atoms with van der Waals surface area (Å²) in [7, 11) is 1.63. The van der Waals surface area contributed by atoms with Crippen molar-refractivity contribution in [2.45, 2.75) is 19.9 Å². The summed E-state index contributed by atoms with van der Waals surface area (Å²) in [5, 5.41) is 0. The third kappa shape index (κ3) is 2.31. The van der Waals surface area contributed by atoms with Crippen LogP contribution in [0.3, 0.4) is 0 Å². The van der Waals surface area contributed by atoms with Crippen LogP contribution in [0.25, 0.3) is 22.6 Å². The normalized spacial score (nSPS) is 11.0. The first-order valence-electron chi connectivity index (χ1n) is 6.99. The van der Waals surface area contributed by atoms with Crippen LogP contribution in [-0.2, 0) is 6.54 Å². The molecule has 0 atom stereocenters. The molecule has 3 rings (SSSR count). The molecule has 0 saturated carbocycles. The average molecular weight is 282 g/mol. The first-order chi connectivity index (χ1) is 10.2. The van der Waals surface area contributed by atoms with E-state index < -0.39 is 0 Å². The SMILES string of the molecule is CCCn1c(-c2ccc(OC)cc2N)nc2cccnc21. The molecule has 0 radical (unpaired) electrons. The molecule has 0 unspecified atom stereocenters. The molecular weight excluding hydrogens is 264 g/mol. The number of pyridine rings is 1. The monoisotopic (exact) mass is 282 g/mol. The molecule has 21 heavy (non-hydrogen) atoms. The highest BCUT2D eigenvalue weighted by atomic mass is 16.5. The van der Waals surface area contributed by atoms with Gasteiger partial charge in [0.2, 0.25) is 0 Å². The van der Waals surface area contributed by atoms with E-state index in [1.165, 1.54) is 0 Å². The Morgan fingerprint density at radius 2 is 2.14 bits per heavy atom. The highest BCUT2D eigenvalue weighted by Crippen LogP contribution is 2.31. The molecule has 0 saturated heterocycles. The Morgan fingerprint density at radius 3 is 2.86 bits per heavy atom. The zero-order valence-electron chi connectivity index (χ0n) is 12.2. The van der Waals surface area contributed by atoms with Crippen LogP contribution >= 0.6 is 0 Å². The van der Waals surface area contributed by atoms with Gasteiger partial charge in [-0.05, 0) is 30.7 Å². The Kier molecular flexibility index (Phi) is 3.48. The van der Waals surface area contributed by atoms with Crippen molar-refractivity contribution in [3.8, 4) is 17.1 Å². The fourth-order valence-corrected chi connectivity index (χ4v) is 2.47. The van der Waals surface area contributed by atoms with Crippen LogP contribution < -0.4 is 10.5 Å². The van der Waals surface area contributed by atoms with Crippen molar-refractivity contribution in [2.75, 3.05) is 12.8 Å². The molecule has 2 aromatic heterocycles. The number of hydrogen-bond donors (Lipinski definition) is 1. The lowest BCUT2D eigenvalue weighted by molar-refractivity contribution is 0.415. The highest BCUT2D eigenvalue weighted by molar-refractivity contribution is 5.81. The van der Waals surface area contributed by atoms with Crippen LogP contribution in [0.2, 0.25) is 0 Å². The summed E-state index contributed by atoms with van der Waals surface area (Å²) in [6, 6.07) is 9.53. The summed E-state index contributed by atoms with van der Waals surface area (Å²) in [4.78, 5) is 9.14. The van der Waals surface area contributed by atoms with Gasteiger partial charge >= 0.3 is 0 Å². The Bertz CT molecular complexity index is 779. The molecule has 2 N–H and O–H groups in total. The third-order valence-corrected chi connectivity index (χ3v) is 3.45. The molecule has 5 nitrogen and oxygen atoms in total. The van der Waals surface area contributed by atoms with Gasteiger partial charge in [0, 0.05) is 30.1 Å². The Balaban J connectivity index is 2.21. The second-order valence-electron chi connectivity index (χ2n) is 4.89. The van der Waals surface area contributed by atoms with E-state index in [-0.39, 0.29) is 0 Å². The molecule has 2 heterocycles. The van der Waals surface area contributed by atoms with Crippen LogP contribution in [0.5, 0.6) is 5.75 Å². The zero-order valence-corrected chi connectivity index (χ0v) is 12.2. The van der Waals surface area contributed by atoms with Crippen molar-refractivity contribution >= 4 is 16.9 Å². The summed E-state index contributed by atoms with van der Waals surface area (Å²) in [5.74, 6) is 1.60. The van der Waals surface area contributed by atoms with Gasteiger partial charge in [-0.3, -0.25) is 0 Å². The number of nitrogens with two attached hydrogens (primary N) is 1. The van der Waals surface area contributed by atoms with Gasteiger partial charge in [-0.2, -0.15) is 0 Å². The zero-order chi connectivity index (χ0) is 14.8. The van der Waals surface area contributed by atoms with E-state index in [2.05, 4.69) is 16.5 Å². The smallest absolute Gasteiger partial charge is 0.160 e. The second kappa shape index (κ2) is 5.44. The molecule has 0 bridgehead atoms. The number of fused-ring (bicyclic) bond motifs is 1. The molecule has 0 fully saturated rings. The standard InChI is InChI=1S/C16H18N4O/c1-3-9-20-15(19-14-5-4-8-18-16(14)20)12-7-6-11(21-2)10-13(12)17/h4-8,10H,3,9,17H2,1-2H3. The first-order valence-corrected chi connectivity index (χ1v) is 6.99. The number of methoxy groups -OCH3 is 1. The van der Waals surface area contributed by atoms with Crippen LogP contribution in [0.4, 0.5) is 5.69 Å². The number of anilines is 1. The number of rotatable bonds is 4. The van der Waals surface area contributed by atoms with Gasteiger partial charge in [-0.1, -0.05) is 6.92 Å². The lowest BCUT2D eigenvalue weighted by Gasteiger charge is -2.10. The van der Waals surface area contributed by atoms with E-state index in [1.807, 2.05) is 30.3 Å². The number of aryl methyl sites for hydroxylation is 1. The number of nitrogens with zero attached hydrogens (tertiary/aromatic N) is 3. The van der Waals surface area contributed by atoms with Gasteiger partial charge in [0.05, 0.1) is 7.11 Å². The van der Waals surface area contributed by atoms with Gasteiger partial charge < -0.3 is 15.0 Å². The lowest BCUT2D eigenvalue weighted by Crippen LogP contribution is -2.02. The van der Waals surface area contributed by atoms with Crippen molar-refractivity contribution in [2.24, 2.45) is 0 Å². The molecule has 108 valence electrons. The van der Waals surface area contributed by atoms with E-state index in [0.29, 0.717) is 5.69 Å². The topological polar surface area (TPSA) is 66.0 Å². The molecular formula is C16H18N4O. The van der Waals surface area contributed by atoms with E-state index >= 15 is 0 Å². The Hall–Kier alpha value is -2.56. The highest BCUT2D eigenvalue weighted by Gasteiger charge is 2.15. The molecule has 3 aromatic rings. The summed E-state index contributed by atoms with van der Waals surface area (Å²) in [5.41, 5.74) is 9.50. The van der Waals surface area contributed by atoms with Crippen molar-refractivity contribution in [1.82, 2.24) is 14.5 Å². The number of hydrogen-bond acceptors (Lipinski definition) is 4. The number of ether oxygens (including phenoxy) is 1. The fourth-order valence-electron chi connectivity index (χ4n) is 2.47. The van der Waals surface area contributed by atoms with Gasteiger partial charge in [-0.25, -0.2) is 9.97 Å². The molecule has 0 aliphatic rings. The van der Waals surface area contributed by atoms with Gasteiger partial charge in [0.1, 0.15) is 17.1 Å². The molecule has 0 spiro atoms. The number of benzene rings is 1. The molecule has 0 aliphatic carbocycles. The minimum absolute atomic E-state index is 0.655. The average Bonchev–Trinajstić information content (AvgIpc) is 2.86. The number of aromatic nitrogens is 3. The number of nitrogen functional groups attached to an aromatic ring is 1. The van der Waals surface area contributed by atoms with Crippen LogP contribution in [-0.4, -0.2) is 21.6 Å². The summed E-state index contributed by atoms with van der Waals surface area (Å²) < 4.78 is 7.32. The minimum Gasteiger partial charge on any atom is -0.497 e. The van der Waals surface area contributed by atoms with Crippen molar-refractivity contribution in [3.05, 3.63) is 36.5 Å². The fraction of sp³-hybridized carbons (Fsp3) is 0.250. The van der Waals surface area contributed by atoms with Crippen molar-refractivity contribution < 1.29 is 4.74 Å². The quantitative estimate of drug-likeness (QED) is 0.747. The Morgan fingerprint density at radius 1 is 1.29 bits per heavy atom. The van der Waals surface area contributed by atoms with Crippen LogP contribution in [0, 0.1) is 0 Å². The van der Waals surface area contributed by atoms with E-state index in [1.54, 1.807) is 13.3 Å². The maximum Gasteiger partial charge on any atom is 0.160 e. The molecule has 1 aromatic carbocycles. The van der Waals surface area contributed by atoms with E-state index in [4.69, 9.17) is 15.5 Å². The van der Waals surface area contributed by atoms with Crippen molar-refractivity contribution in [3.63, 3.8) is 0 Å². The predicted molar refractivity (Wildman–Crippen MR) is 84.2 cm³/mol. The predicted octanol–water partition coefficient (Wildman–Crippen LogP) is 3.10. The summed E-state index contributed by atoms with van der Waals surface area (Å²) in [6.45, 7) is 2.99. The number of imidazole rings is 1. The van der Waals surface area contributed by atoms with Gasteiger partial charge in [0.15, 0.2) is 5.65 Å². The Labute approximate surface area is 123 Å². The maximum absolute atomic E-state index is 6.16. The maximum atomic E-state index is 6.16. The second-order valence-corrected chi connectivity index (χ2v) is 4.89. The third-order valence-electron chi connectivity index (χ3n) is 3.45. The first kappa shape index (κ1) is 13.4. The minimum atomic E-state index is 0.655. The molecule has 5 heteroatoms.